The SMILES string of the molecule is Cc1oc(-c2ccno2)cc1S(=O)(=O)N1CCCC(C(=O)c2ccccn2)C1. The van der Waals surface area contributed by atoms with Crippen molar-refractivity contribution in [3.8, 4) is 11.5 Å². The number of aryl methyl sites for hydroxylation is 1. The average molecular weight is 401 g/mol. The van der Waals surface area contributed by atoms with E-state index >= 15 is 0 Å². The summed E-state index contributed by atoms with van der Waals surface area (Å²) in [5.74, 6) is 0.369. The Morgan fingerprint density at radius 2 is 2.07 bits per heavy atom. The van der Waals surface area contributed by atoms with Gasteiger partial charge in [0.05, 0.1) is 6.20 Å². The van der Waals surface area contributed by atoms with Crippen molar-refractivity contribution >= 4 is 15.8 Å². The second-order valence-electron chi connectivity index (χ2n) is 6.69. The van der Waals surface area contributed by atoms with Crippen molar-refractivity contribution in [1.29, 1.82) is 0 Å². The minimum absolute atomic E-state index is 0.0739. The van der Waals surface area contributed by atoms with Gasteiger partial charge in [0.25, 0.3) is 0 Å². The van der Waals surface area contributed by atoms with Gasteiger partial charge in [-0.3, -0.25) is 9.78 Å². The fourth-order valence-electron chi connectivity index (χ4n) is 3.42. The van der Waals surface area contributed by atoms with Gasteiger partial charge in [-0.1, -0.05) is 11.2 Å². The van der Waals surface area contributed by atoms with Crippen LogP contribution in [-0.4, -0.2) is 41.7 Å². The van der Waals surface area contributed by atoms with E-state index in [9.17, 15) is 13.2 Å². The molecule has 0 amide bonds. The van der Waals surface area contributed by atoms with Crippen molar-refractivity contribution in [3.63, 3.8) is 0 Å². The number of hydrogen-bond acceptors (Lipinski definition) is 7. The van der Waals surface area contributed by atoms with Gasteiger partial charge in [0.15, 0.2) is 11.5 Å². The van der Waals surface area contributed by atoms with Gasteiger partial charge in [0.2, 0.25) is 15.8 Å². The number of ketones is 1. The van der Waals surface area contributed by atoms with Gasteiger partial charge in [-0.15, -0.1) is 0 Å². The van der Waals surface area contributed by atoms with Gasteiger partial charge in [-0.05, 0) is 31.9 Å². The second-order valence-corrected chi connectivity index (χ2v) is 8.60. The fraction of sp³-hybridized carbons (Fsp3) is 0.316. The number of piperidine rings is 1. The van der Waals surface area contributed by atoms with E-state index < -0.39 is 15.9 Å². The molecular formula is C19H19N3O5S. The number of nitrogens with zero attached hydrogens (tertiary/aromatic N) is 3. The number of hydrogen-bond donors (Lipinski definition) is 0. The van der Waals surface area contributed by atoms with Crippen LogP contribution in [0.4, 0.5) is 0 Å². The Bertz CT molecular complexity index is 1070. The van der Waals surface area contributed by atoms with Crippen LogP contribution in [0, 0.1) is 12.8 Å². The summed E-state index contributed by atoms with van der Waals surface area (Å²) in [7, 11) is -3.81. The second kappa shape index (κ2) is 7.33. The van der Waals surface area contributed by atoms with Crippen LogP contribution in [0.25, 0.3) is 11.5 Å². The van der Waals surface area contributed by atoms with E-state index in [2.05, 4.69) is 10.1 Å². The van der Waals surface area contributed by atoms with Crippen LogP contribution >= 0.6 is 0 Å². The van der Waals surface area contributed by atoms with Crippen LogP contribution in [-0.2, 0) is 10.0 Å². The number of Topliss-reactive ketones (excluding diaryl/α,β-unsaturated/α-hetero) is 1. The molecule has 0 spiro atoms. The molecule has 0 aliphatic carbocycles. The molecule has 0 saturated carbocycles. The highest BCUT2D eigenvalue weighted by molar-refractivity contribution is 7.89. The standard InChI is InChI=1S/C19H19N3O5S/c1-13-18(11-17(26-13)16-7-9-21-27-16)28(24,25)22-10-4-5-14(12-22)19(23)15-6-2-3-8-20-15/h2-3,6-9,11,14H,4-5,10,12H2,1H3. The third-order valence-electron chi connectivity index (χ3n) is 4.84. The van der Waals surface area contributed by atoms with E-state index in [1.807, 2.05) is 0 Å². The number of sulfonamides is 1. The van der Waals surface area contributed by atoms with Gasteiger partial charge in [-0.2, -0.15) is 4.31 Å². The van der Waals surface area contributed by atoms with Crippen LogP contribution in [0.1, 0.15) is 29.1 Å². The van der Waals surface area contributed by atoms with E-state index in [0.717, 1.165) is 0 Å². The Balaban J connectivity index is 1.59. The first-order valence-corrected chi connectivity index (χ1v) is 10.4. The van der Waals surface area contributed by atoms with E-state index in [-0.39, 0.29) is 23.0 Å². The third kappa shape index (κ3) is 3.38. The number of carbonyl (C=O) groups excluding carboxylic acids is 1. The molecular weight excluding hydrogens is 382 g/mol. The summed E-state index contributed by atoms with van der Waals surface area (Å²) in [5.41, 5.74) is 0.360. The van der Waals surface area contributed by atoms with Crippen molar-refractivity contribution in [1.82, 2.24) is 14.4 Å². The predicted molar refractivity (Wildman–Crippen MR) is 99.0 cm³/mol. The van der Waals surface area contributed by atoms with Gasteiger partial charge < -0.3 is 8.94 Å². The lowest BCUT2D eigenvalue weighted by Gasteiger charge is -2.30. The predicted octanol–water partition coefficient (Wildman–Crippen LogP) is 2.92. The van der Waals surface area contributed by atoms with Crippen LogP contribution < -0.4 is 0 Å². The monoisotopic (exact) mass is 401 g/mol. The maximum Gasteiger partial charge on any atom is 0.246 e. The third-order valence-corrected chi connectivity index (χ3v) is 6.82. The number of pyridine rings is 1. The molecule has 1 saturated heterocycles. The Labute approximate surface area is 162 Å². The minimum Gasteiger partial charge on any atom is -0.457 e. The molecule has 1 unspecified atom stereocenters. The average Bonchev–Trinajstić information content (AvgIpc) is 3.38. The minimum atomic E-state index is -3.81. The Morgan fingerprint density at radius 3 is 2.79 bits per heavy atom. The first-order valence-electron chi connectivity index (χ1n) is 8.93. The Hall–Kier alpha value is -2.78. The molecule has 3 aromatic rings. The maximum absolute atomic E-state index is 13.2. The lowest BCUT2D eigenvalue weighted by Crippen LogP contribution is -2.42. The first kappa shape index (κ1) is 18.6. The van der Waals surface area contributed by atoms with Crippen molar-refractivity contribution in [3.05, 3.63) is 54.2 Å². The molecule has 0 aromatic carbocycles. The molecule has 8 nitrogen and oxygen atoms in total. The van der Waals surface area contributed by atoms with Crippen molar-refractivity contribution in [2.24, 2.45) is 5.92 Å². The summed E-state index contributed by atoms with van der Waals surface area (Å²) in [6.07, 6.45) is 4.26. The number of carbonyl (C=O) groups is 1. The van der Waals surface area contributed by atoms with E-state index in [0.29, 0.717) is 36.6 Å². The molecule has 4 rings (SSSR count). The summed E-state index contributed by atoms with van der Waals surface area (Å²) in [6.45, 7) is 2.07. The summed E-state index contributed by atoms with van der Waals surface area (Å²) >= 11 is 0. The molecule has 0 bridgehead atoms. The van der Waals surface area contributed by atoms with Crippen molar-refractivity contribution in [2.75, 3.05) is 13.1 Å². The summed E-state index contributed by atoms with van der Waals surface area (Å²) < 4.78 is 38.3. The fourth-order valence-corrected chi connectivity index (χ4v) is 5.10. The van der Waals surface area contributed by atoms with Gasteiger partial charge in [0.1, 0.15) is 16.3 Å². The van der Waals surface area contributed by atoms with Crippen molar-refractivity contribution < 1.29 is 22.2 Å². The van der Waals surface area contributed by atoms with Gasteiger partial charge in [-0.25, -0.2) is 8.42 Å². The zero-order chi connectivity index (χ0) is 19.7. The smallest absolute Gasteiger partial charge is 0.246 e. The topological polar surface area (TPSA) is 107 Å². The number of furan rings is 1. The first-order chi connectivity index (χ1) is 13.5. The molecule has 1 atom stereocenters. The highest BCUT2D eigenvalue weighted by Gasteiger charge is 2.36. The molecule has 1 aliphatic rings. The summed E-state index contributed by atoms with van der Waals surface area (Å²) in [5, 5.41) is 3.61. The molecule has 146 valence electrons. The Morgan fingerprint density at radius 1 is 1.21 bits per heavy atom. The highest BCUT2D eigenvalue weighted by Crippen LogP contribution is 2.32. The van der Waals surface area contributed by atoms with E-state index in [1.54, 1.807) is 37.4 Å². The molecule has 1 fully saturated rings. The lowest BCUT2D eigenvalue weighted by molar-refractivity contribution is 0.0867. The molecule has 9 heteroatoms. The molecule has 28 heavy (non-hydrogen) atoms. The zero-order valence-corrected chi connectivity index (χ0v) is 16.1. The molecule has 3 aromatic heterocycles. The van der Waals surface area contributed by atoms with Crippen molar-refractivity contribution in [2.45, 2.75) is 24.7 Å². The lowest BCUT2D eigenvalue weighted by atomic mass is 9.93. The zero-order valence-electron chi connectivity index (χ0n) is 15.2. The maximum atomic E-state index is 13.2. The quantitative estimate of drug-likeness (QED) is 0.605. The Kier molecular flexibility index (Phi) is 4.86. The summed E-state index contributed by atoms with van der Waals surface area (Å²) in [6, 6.07) is 8.17. The summed E-state index contributed by atoms with van der Waals surface area (Å²) in [4.78, 5) is 16.9. The van der Waals surface area contributed by atoms with Gasteiger partial charge in [0, 0.05) is 37.3 Å². The molecule has 0 N–H and O–H groups in total. The highest BCUT2D eigenvalue weighted by atomic mass is 32.2. The van der Waals surface area contributed by atoms with Crippen LogP contribution in [0.5, 0.6) is 0 Å². The normalized spacial score (nSPS) is 18.2. The molecule has 0 radical (unpaired) electrons. The van der Waals surface area contributed by atoms with Crippen LogP contribution in [0.15, 0.2) is 56.6 Å². The largest absolute Gasteiger partial charge is 0.457 e. The van der Waals surface area contributed by atoms with Crippen LogP contribution in [0.3, 0.4) is 0 Å². The van der Waals surface area contributed by atoms with E-state index in [4.69, 9.17) is 8.94 Å². The van der Waals surface area contributed by atoms with E-state index in [1.165, 1.54) is 16.6 Å². The molecule has 4 heterocycles. The van der Waals surface area contributed by atoms with Crippen LogP contribution in [0.2, 0.25) is 0 Å². The van der Waals surface area contributed by atoms with Gasteiger partial charge >= 0.3 is 0 Å². The number of rotatable bonds is 5. The molecule has 1 aliphatic heterocycles. The number of aromatic nitrogens is 2.